The number of hydrogen-bond donors (Lipinski definition) is 2. The molecule has 0 aromatic rings. The molecule has 0 aromatic carbocycles. The Morgan fingerprint density at radius 1 is 1.39 bits per heavy atom. The van der Waals surface area contributed by atoms with Crippen LogP contribution in [0, 0.1) is 17.3 Å². The van der Waals surface area contributed by atoms with Gasteiger partial charge >= 0.3 is 0 Å². The first-order chi connectivity index (χ1) is 8.69. The second-order valence-corrected chi connectivity index (χ2v) is 6.84. The van der Waals surface area contributed by atoms with Gasteiger partial charge in [-0.15, -0.1) is 0 Å². The number of nitrogens with one attached hydrogen (secondary N) is 1. The smallest absolute Gasteiger partial charge is 0.0690 e. The minimum Gasteiger partial charge on any atom is -0.396 e. The maximum absolute atomic E-state index is 9.21. The molecule has 2 aliphatic carbocycles. The molecule has 1 aliphatic heterocycles. The largest absolute Gasteiger partial charge is 0.396 e. The van der Waals surface area contributed by atoms with Crippen molar-refractivity contribution >= 4 is 0 Å². The standard InChI is InChI=1S/C15H27NO2/c1-10(2)12(4-8-17)16-13-11-5-9-18-14(11)15(13)6-3-7-15/h10-14,16-17H,3-9H2,1-2H3. The molecular weight excluding hydrogens is 226 g/mol. The zero-order chi connectivity index (χ0) is 12.8. The molecule has 104 valence electrons. The molecule has 3 heteroatoms. The third-order valence-electron chi connectivity index (χ3n) is 5.67. The predicted octanol–water partition coefficient (Wildman–Crippen LogP) is 1.94. The van der Waals surface area contributed by atoms with Gasteiger partial charge in [0.25, 0.3) is 0 Å². The molecule has 1 spiro atoms. The van der Waals surface area contributed by atoms with Crippen molar-refractivity contribution < 1.29 is 9.84 Å². The van der Waals surface area contributed by atoms with Crippen molar-refractivity contribution in [2.75, 3.05) is 13.2 Å². The molecule has 0 bridgehead atoms. The van der Waals surface area contributed by atoms with E-state index in [9.17, 15) is 5.11 Å². The number of fused-ring (bicyclic) bond motifs is 2. The maximum Gasteiger partial charge on any atom is 0.0690 e. The van der Waals surface area contributed by atoms with E-state index >= 15 is 0 Å². The first kappa shape index (κ1) is 12.9. The molecule has 3 fully saturated rings. The van der Waals surface area contributed by atoms with E-state index in [-0.39, 0.29) is 0 Å². The van der Waals surface area contributed by atoms with Crippen molar-refractivity contribution in [2.45, 2.75) is 64.1 Å². The quantitative estimate of drug-likeness (QED) is 0.787. The second-order valence-electron chi connectivity index (χ2n) is 6.84. The summed E-state index contributed by atoms with van der Waals surface area (Å²) < 4.78 is 5.95. The Bertz CT molecular complexity index is 301. The highest BCUT2D eigenvalue weighted by molar-refractivity contribution is 5.18. The molecule has 4 atom stereocenters. The summed E-state index contributed by atoms with van der Waals surface area (Å²) in [6.45, 7) is 5.76. The molecule has 3 rings (SSSR count). The van der Waals surface area contributed by atoms with Crippen LogP contribution < -0.4 is 5.32 Å². The summed E-state index contributed by atoms with van der Waals surface area (Å²) in [4.78, 5) is 0. The fourth-order valence-corrected chi connectivity index (χ4v) is 4.47. The Balaban J connectivity index is 1.67. The minimum absolute atomic E-state index is 0.292. The van der Waals surface area contributed by atoms with Crippen LogP contribution in [0.1, 0.15) is 46.0 Å². The summed E-state index contributed by atoms with van der Waals surface area (Å²) in [5, 5.41) is 13.1. The highest BCUT2D eigenvalue weighted by Crippen LogP contribution is 2.62. The van der Waals surface area contributed by atoms with Gasteiger partial charge in [0.15, 0.2) is 0 Å². The summed E-state index contributed by atoms with van der Waals surface area (Å²) in [5.41, 5.74) is 0.462. The number of hydrogen-bond acceptors (Lipinski definition) is 3. The minimum atomic E-state index is 0.292. The lowest BCUT2D eigenvalue weighted by Crippen LogP contribution is -2.72. The van der Waals surface area contributed by atoms with Crippen LogP contribution in [-0.2, 0) is 4.74 Å². The lowest BCUT2D eigenvalue weighted by atomic mass is 9.46. The second kappa shape index (κ2) is 4.77. The van der Waals surface area contributed by atoms with E-state index in [1.165, 1.54) is 25.7 Å². The van der Waals surface area contributed by atoms with Crippen LogP contribution in [0.2, 0.25) is 0 Å². The molecular formula is C15H27NO2. The van der Waals surface area contributed by atoms with Crippen molar-refractivity contribution in [1.29, 1.82) is 0 Å². The number of ether oxygens (including phenoxy) is 1. The first-order valence-corrected chi connectivity index (χ1v) is 7.67. The van der Waals surface area contributed by atoms with E-state index in [1.54, 1.807) is 0 Å². The lowest BCUT2D eigenvalue weighted by molar-refractivity contribution is -0.179. The molecule has 2 saturated carbocycles. The number of aliphatic hydroxyl groups excluding tert-OH is 1. The maximum atomic E-state index is 9.21. The average molecular weight is 253 g/mol. The molecule has 1 saturated heterocycles. The Morgan fingerprint density at radius 2 is 2.17 bits per heavy atom. The fraction of sp³-hybridized carbons (Fsp3) is 1.00. The summed E-state index contributed by atoms with van der Waals surface area (Å²) in [7, 11) is 0. The van der Waals surface area contributed by atoms with Gasteiger partial charge in [-0.05, 0) is 31.6 Å². The van der Waals surface area contributed by atoms with Crippen LogP contribution in [0.25, 0.3) is 0 Å². The third kappa shape index (κ3) is 1.75. The predicted molar refractivity (Wildman–Crippen MR) is 71.4 cm³/mol. The van der Waals surface area contributed by atoms with E-state index in [2.05, 4.69) is 19.2 Å². The van der Waals surface area contributed by atoms with Gasteiger partial charge in [-0.3, -0.25) is 0 Å². The van der Waals surface area contributed by atoms with Crippen LogP contribution in [0.3, 0.4) is 0 Å². The van der Waals surface area contributed by atoms with E-state index in [1.807, 2.05) is 0 Å². The summed E-state index contributed by atoms with van der Waals surface area (Å²) in [6, 6.07) is 1.11. The summed E-state index contributed by atoms with van der Waals surface area (Å²) in [5.74, 6) is 1.33. The Hall–Kier alpha value is -0.120. The van der Waals surface area contributed by atoms with Crippen molar-refractivity contribution in [1.82, 2.24) is 5.32 Å². The summed E-state index contributed by atoms with van der Waals surface area (Å²) in [6.07, 6.45) is 6.71. The molecule has 1 heterocycles. The van der Waals surface area contributed by atoms with Crippen LogP contribution in [0.4, 0.5) is 0 Å². The zero-order valence-corrected chi connectivity index (χ0v) is 11.7. The molecule has 18 heavy (non-hydrogen) atoms. The van der Waals surface area contributed by atoms with Gasteiger partial charge < -0.3 is 15.2 Å². The van der Waals surface area contributed by atoms with E-state index in [0.29, 0.717) is 36.1 Å². The molecule has 3 nitrogen and oxygen atoms in total. The summed E-state index contributed by atoms with van der Waals surface area (Å²) >= 11 is 0. The zero-order valence-electron chi connectivity index (χ0n) is 11.7. The van der Waals surface area contributed by atoms with Gasteiger partial charge in [-0.25, -0.2) is 0 Å². The fourth-order valence-electron chi connectivity index (χ4n) is 4.47. The van der Waals surface area contributed by atoms with Gasteiger partial charge in [-0.2, -0.15) is 0 Å². The van der Waals surface area contributed by atoms with Gasteiger partial charge in [-0.1, -0.05) is 20.3 Å². The van der Waals surface area contributed by atoms with E-state index in [0.717, 1.165) is 18.9 Å². The number of rotatable bonds is 5. The van der Waals surface area contributed by atoms with Gasteiger partial charge in [0, 0.05) is 36.6 Å². The van der Waals surface area contributed by atoms with E-state index < -0.39 is 0 Å². The monoisotopic (exact) mass is 253 g/mol. The third-order valence-corrected chi connectivity index (χ3v) is 5.67. The van der Waals surface area contributed by atoms with Crippen LogP contribution in [0.5, 0.6) is 0 Å². The topological polar surface area (TPSA) is 41.5 Å². The molecule has 0 amide bonds. The van der Waals surface area contributed by atoms with Crippen molar-refractivity contribution in [3.8, 4) is 0 Å². The van der Waals surface area contributed by atoms with Crippen molar-refractivity contribution in [3.05, 3.63) is 0 Å². The lowest BCUT2D eigenvalue weighted by Gasteiger charge is -2.64. The van der Waals surface area contributed by atoms with Gasteiger partial charge in [0.1, 0.15) is 0 Å². The Morgan fingerprint density at radius 3 is 2.72 bits per heavy atom. The average Bonchev–Trinajstić information content (AvgIpc) is 2.67. The normalized spacial score (nSPS) is 38.3. The first-order valence-electron chi connectivity index (χ1n) is 7.67. The molecule has 4 unspecified atom stereocenters. The highest BCUT2D eigenvalue weighted by Gasteiger charge is 2.66. The Kier molecular flexibility index (Phi) is 3.41. The molecule has 0 aromatic heterocycles. The highest BCUT2D eigenvalue weighted by atomic mass is 16.5. The number of aliphatic hydroxyl groups is 1. The van der Waals surface area contributed by atoms with Crippen LogP contribution >= 0.6 is 0 Å². The van der Waals surface area contributed by atoms with Gasteiger partial charge in [0.2, 0.25) is 0 Å². The van der Waals surface area contributed by atoms with E-state index in [4.69, 9.17) is 4.74 Å². The van der Waals surface area contributed by atoms with Crippen molar-refractivity contribution in [2.24, 2.45) is 17.3 Å². The van der Waals surface area contributed by atoms with Crippen molar-refractivity contribution in [3.63, 3.8) is 0 Å². The van der Waals surface area contributed by atoms with Crippen LogP contribution in [-0.4, -0.2) is 36.5 Å². The van der Waals surface area contributed by atoms with Gasteiger partial charge in [0.05, 0.1) is 6.10 Å². The molecule has 2 N–H and O–H groups in total. The van der Waals surface area contributed by atoms with Crippen LogP contribution in [0.15, 0.2) is 0 Å². The molecule has 0 radical (unpaired) electrons. The Labute approximate surface area is 110 Å². The SMILES string of the molecule is CC(C)C(CCO)NC1C2CCOC2C12CCC2. The molecule has 3 aliphatic rings.